The van der Waals surface area contributed by atoms with E-state index in [2.05, 4.69) is 20.4 Å². The van der Waals surface area contributed by atoms with Crippen molar-refractivity contribution in [3.8, 4) is 0 Å². The fourth-order valence-electron chi connectivity index (χ4n) is 2.76. The van der Waals surface area contributed by atoms with Crippen molar-refractivity contribution in [3.05, 3.63) is 51.8 Å². The average Bonchev–Trinajstić information content (AvgIpc) is 2.93. The van der Waals surface area contributed by atoms with Crippen molar-refractivity contribution in [1.29, 1.82) is 0 Å². The van der Waals surface area contributed by atoms with E-state index < -0.39 is 0 Å². The molecule has 0 fully saturated rings. The minimum atomic E-state index is -0.0306. The van der Waals surface area contributed by atoms with Gasteiger partial charge in [-0.25, -0.2) is 4.98 Å². The van der Waals surface area contributed by atoms with Crippen LogP contribution in [0, 0.1) is 13.8 Å². The molecule has 2 heterocycles. The number of aromatic nitrogens is 4. The van der Waals surface area contributed by atoms with Gasteiger partial charge >= 0.3 is 0 Å². The minimum Gasteiger partial charge on any atom is -0.366 e. The first-order valence-electron chi connectivity index (χ1n) is 7.93. The van der Waals surface area contributed by atoms with Crippen LogP contribution in [0.15, 0.2) is 24.3 Å². The van der Waals surface area contributed by atoms with Crippen molar-refractivity contribution in [2.24, 2.45) is 0 Å². The van der Waals surface area contributed by atoms with Crippen LogP contribution >= 0.6 is 11.6 Å². The molecule has 3 aromatic rings. The number of carbonyl (C=O) groups is 1. The number of hydrogen-bond donors (Lipinski definition) is 2. The molecule has 1 amide bonds. The van der Waals surface area contributed by atoms with Crippen molar-refractivity contribution < 1.29 is 4.79 Å². The fourth-order valence-corrected chi connectivity index (χ4v) is 2.97. The first-order chi connectivity index (χ1) is 11.9. The Labute approximate surface area is 150 Å². The zero-order valence-electron chi connectivity index (χ0n) is 14.1. The maximum Gasteiger partial charge on any atom is 0.254 e. The van der Waals surface area contributed by atoms with Gasteiger partial charge in [0.2, 0.25) is 11.9 Å². The van der Waals surface area contributed by atoms with Crippen LogP contribution < -0.4 is 11.1 Å². The molecule has 0 aliphatic carbocycles. The third-order valence-electron chi connectivity index (χ3n) is 4.05. The highest BCUT2D eigenvalue weighted by Gasteiger charge is 2.13. The van der Waals surface area contributed by atoms with Gasteiger partial charge < -0.3 is 11.1 Å². The van der Waals surface area contributed by atoms with E-state index in [0.717, 1.165) is 22.5 Å². The summed E-state index contributed by atoms with van der Waals surface area (Å²) < 4.78 is 1.61. The highest BCUT2D eigenvalue weighted by Crippen LogP contribution is 2.16. The second kappa shape index (κ2) is 7.06. The third-order valence-corrected chi connectivity index (χ3v) is 4.28. The Bertz CT molecular complexity index is 936. The van der Waals surface area contributed by atoms with Crippen molar-refractivity contribution in [2.45, 2.75) is 33.2 Å². The van der Waals surface area contributed by atoms with E-state index in [1.807, 2.05) is 32.0 Å². The minimum absolute atomic E-state index is 0.0306. The Balaban J connectivity index is 1.65. The van der Waals surface area contributed by atoms with Crippen molar-refractivity contribution in [1.82, 2.24) is 24.9 Å². The average molecular weight is 359 g/mol. The lowest BCUT2D eigenvalue weighted by Crippen LogP contribution is -2.23. The summed E-state index contributed by atoms with van der Waals surface area (Å²) in [6.45, 7) is 4.28. The van der Waals surface area contributed by atoms with Crippen molar-refractivity contribution >= 4 is 29.2 Å². The lowest BCUT2D eigenvalue weighted by atomic mass is 10.1. The molecule has 0 unspecified atom stereocenters. The molecule has 0 radical (unpaired) electrons. The molecule has 3 rings (SSSR count). The van der Waals surface area contributed by atoms with Crippen LogP contribution in [0.4, 0.5) is 5.95 Å². The number of nitrogens with one attached hydrogen (secondary N) is 1. The molecule has 8 heteroatoms. The molecule has 0 aliphatic heterocycles. The van der Waals surface area contributed by atoms with Crippen molar-refractivity contribution in [3.63, 3.8) is 0 Å². The van der Waals surface area contributed by atoms with Crippen LogP contribution in [-0.4, -0.2) is 25.5 Å². The molecule has 0 spiro atoms. The number of nitrogen functional groups attached to an aromatic ring is 1. The van der Waals surface area contributed by atoms with E-state index >= 15 is 0 Å². The van der Waals surface area contributed by atoms with Gasteiger partial charge in [0.1, 0.15) is 0 Å². The van der Waals surface area contributed by atoms with Gasteiger partial charge in [0, 0.05) is 29.4 Å². The first kappa shape index (κ1) is 17.2. The number of nitrogens with zero attached hydrogens (tertiary/aromatic N) is 4. The predicted molar refractivity (Wildman–Crippen MR) is 96.3 cm³/mol. The van der Waals surface area contributed by atoms with Gasteiger partial charge in [-0.3, -0.25) is 4.79 Å². The topological polar surface area (TPSA) is 98.2 Å². The highest BCUT2D eigenvalue weighted by molar-refractivity contribution is 6.30. The first-order valence-corrected chi connectivity index (χ1v) is 8.31. The lowest BCUT2D eigenvalue weighted by Gasteiger charge is -2.10. The Morgan fingerprint density at radius 3 is 2.88 bits per heavy atom. The van der Waals surface area contributed by atoms with Crippen LogP contribution in [0.25, 0.3) is 5.78 Å². The summed E-state index contributed by atoms with van der Waals surface area (Å²) in [6, 6.07) is 7.43. The predicted octanol–water partition coefficient (Wildman–Crippen LogP) is 2.23. The zero-order valence-corrected chi connectivity index (χ0v) is 14.8. The van der Waals surface area contributed by atoms with Gasteiger partial charge in [0.25, 0.3) is 5.78 Å². The highest BCUT2D eigenvalue weighted by atomic mass is 35.5. The second-order valence-electron chi connectivity index (χ2n) is 5.85. The molecule has 0 atom stereocenters. The van der Waals surface area contributed by atoms with Gasteiger partial charge in [-0.05, 0) is 43.5 Å². The molecule has 0 saturated carbocycles. The van der Waals surface area contributed by atoms with E-state index in [-0.39, 0.29) is 11.9 Å². The lowest BCUT2D eigenvalue weighted by molar-refractivity contribution is -0.121. The maximum absolute atomic E-state index is 12.1. The number of rotatable bonds is 5. The summed E-state index contributed by atoms with van der Waals surface area (Å²) >= 11 is 5.94. The molecule has 25 heavy (non-hydrogen) atoms. The van der Waals surface area contributed by atoms with Gasteiger partial charge in [-0.15, -0.1) is 5.10 Å². The summed E-state index contributed by atoms with van der Waals surface area (Å²) in [7, 11) is 0. The van der Waals surface area contributed by atoms with Gasteiger partial charge in [0.05, 0.1) is 0 Å². The van der Waals surface area contributed by atoms with E-state index in [1.165, 1.54) is 0 Å². The molecule has 1 aromatic carbocycles. The molecular weight excluding hydrogens is 340 g/mol. The Kier molecular flexibility index (Phi) is 4.85. The van der Waals surface area contributed by atoms with E-state index in [4.69, 9.17) is 17.3 Å². The Morgan fingerprint density at radius 1 is 1.32 bits per heavy atom. The number of aryl methyl sites for hydroxylation is 2. The molecule has 2 aromatic heterocycles. The number of halogens is 1. The summed E-state index contributed by atoms with van der Waals surface area (Å²) in [5.41, 5.74) is 9.31. The number of benzene rings is 1. The fraction of sp³-hybridized carbons (Fsp3) is 0.294. The molecule has 0 aliphatic rings. The molecular formula is C17H19ClN6O. The van der Waals surface area contributed by atoms with Crippen molar-refractivity contribution in [2.75, 3.05) is 5.73 Å². The quantitative estimate of drug-likeness (QED) is 0.728. The summed E-state index contributed by atoms with van der Waals surface area (Å²) in [5, 5.41) is 7.69. The van der Waals surface area contributed by atoms with Crippen LogP contribution in [0.2, 0.25) is 5.02 Å². The summed E-state index contributed by atoms with van der Waals surface area (Å²) in [5.74, 6) is 0.630. The standard InChI is InChI=1S/C17H19ClN6O/c1-10-14(11(2)24-17(21-10)22-16(19)23-24)6-7-15(25)20-9-12-4-3-5-13(18)8-12/h3-5,8H,6-7,9H2,1-2H3,(H2,19,23)(H,20,25). The number of hydrogen-bond acceptors (Lipinski definition) is 5. The maximum atomic E-state index is 12.1. The van der Waals surface area contributed by atoms with E-state index in [0.29, 0.717) is 30.2 Å². The van der Waals surface area contributed by atoms with Crippen LogP contribution in [0.3, 0.4) is 0 Å². The number of fused-ring (bicyclic) bond motifs is 1. The monoisotopic (exact) mass is 358 g/mol. The number of carbonyl (C=O) groups excluding carboxylic acids is 1. The smallest absolute Gasteiger partial charge is 0.254 e. The summed E-state index contributed by atoms with van der Waals surface area (Å²) in [4.78, 5) is 20.6. The van der Waals surface area contributed by atoms with Crippen LogP contribution in [0.5, 0.6) is 0 Å². The van der Waals surface area contributed by atoms with Gasteiger partial charge in [0.15, 0.2) is 0 Å². The van der Waals surface area contributed by atoms with Gasteiger partial charge in [-0.2, -0.15) is 9.50 Å². The number of nitrogens with two attached hydrogens (primary N) is 1. The van der Waals surface area contributed by atoms with Crippen LogP contribution in [0.1, 0.15) is 28.9 Å². The Hall–Kier alpha value is -2.67. The van der Waals surface area contributed by atoms with E-state index in [9.17, 15) is 4.79 Å². The van der Waals surface area contributed by atoms with Gasteiger partial charge in [-0.1, -0.05) is 23.7 Å². The number of anilines is 1. The molecule has 7 nitrogen and oxygen atoms in total. The normalized spacial score (nSPS) is 11.0. The SMILES string of the molecule is Cc1nc2nc(N)nn2c(C)c1CCC(=O)NCc1cccc(Cl)c1. The largest absolute Gasteiger partial charge is 0.366 e. The molecule has 3 N–H and O–H groups in total. The second-order valence-corrected chi connectivity index (χ2v) is 6.29. The zero-order chi connectivity index (χ0) is 18.0. The molecule has 0 saturated heterocycles. The third kappa shape index (κ3) is 3.88. The summed E-state index contributed by atoms with van der Waals surface area (Å²) in [6.07, 6.45) is 0.932. The number of amides is 1. The molecule has 130 valence electrons. The van der Waals surface area contributed by atoms with Crippen LogP contribution in [-0.2, 0) is 17.8 Å². The molecule has 0 bridgehead atoms. The Morgan fingerprint density at radius 2 is 2.12 bits per heavy atom. The van der Waals surface area contributed by atoms with E-state index in [1.54, 1.807) is 10.6 Å².